The van der Waals surface area contributed by atoms with E-state index >= 15 is 0 Å². The van der Waals surface area contributed by atoms with Gasteiger partial charge < -0.3 is 9.42 Å². The van der Waals surface area contributed by atoms with E-state index in [1.165, 1.54) is 11.1 Å². The summed E-state index contributed by atoms with van der Waals surface area (Å²) in [4.78, 5) is 17.1. The molecular formula is C21H27N3O2. The molecule has 0 saturated carbocycles. The van der Waals surface area contributed by atoms with Gasteiger partial charge in [0.2, 0.25) is 5.91 Å². The topological polar surface area (TPSA) is 49.6 Å². The van der Waals surface area contributed by atoms with Crippen molar-refractivity contribution < 1.29 is 9.32 Å². The van der Waals surface area contributed by atoms with E-state index in [2.05, 4.69) is 27.1 Å². The van der Waals surface area contributed by atoms with Gasteiger partial charge in [-0.05, 0) is 50.8 Å². The standard InChI is InChI=1S/C21H27N3O2/c1-16-19(17(2)26-22-16)14-23-10-8-21(9-11-23)12-20(25)24(15-21)13-18-6-4-3-5-7-18/h3-7H,8-15H2,1-2H3. The van der Waals surface area contributed by atoms with Crippen molar-refractivity contribution >= 4 is 5.91 Å². The first-order valence-electron chi connectivity index (χ1n) is 9.50. The number of aromatic nitrogens is 1. The largest absolute Gasteiger partial charge is 0.361 e. The van der Waals surface area contributed by atoms with Crippen LogP contribution in [-0.4, -0.2) is 40.5 Å². The molecule has 2 aromatic rings. The number of rotatable bonds is 4. The Hall–Kier alpha value is -2.14. The molecule has 0 N–H and O–H groups in total. The summed E-state index contributed by atoms with van der Waals surface area (Å²) in [6.07, 6.45) is 2.89. The Morgan fingerprint density at radius 3 is 2.50 bits per heavy atom. The van der Waals surface area contributed by atoms with Crippen molar-refractivity contribution in [3.63, 3.8) is 0 Å². The molecule has 2 fully saturated rings. The fourth-order valence-electron chi connectivity index (χ4n) is 4.40. The number of aryl methyl sites for hydroxylation is 2. The highest BCUT2D eigenvalue weighted by molar-refractivity contribution is 5.79. The number of carbonyl (C=O) groups excluding carboxylic acids is 1. The predicted molar refractivity (Wildman–Crippen MR) is 99.4 cm³/mol. The first kappa shape index (κ1) is 17.3. The molecule has 138 valence electrons. The minimum atomic E-state index is 0.168. The molecule has 0 unspecified atom stereocenters. The second-order valence-electron chi connectivity index (χ2n) is 7.99. The number of likely N-dealkylation sites (tertiary alicyclic amines) is 2. The van der Waals surface area contributed by atoms with Crippen LogP contribution in [0.25, 0.3) is 0 Å². The summed E-state index contributed by atoms with van der Waals surface area (Å²) >= 11 is 0. The van der Waals surface area contributed by atoms with E-state index in [-0.39, 0.29) is 5.41 Å². The van der Waals surface area contributed by atoms with E-state index in [1.807, 2.05) is 32.0 Å². The maximum atomic E-state index is 12.6. The van der Waals surface area contributed by atoms with Crippen LogP contribution < -0.4 is 0 Å². The van der Waals surface area contributed by atoms with Gasteiger partial charge in [0.05, 0.1) is 5.69 Å². The zero-order chi connectivity index (χ0) is 18.1. The number of hydrogen-bond acceptors (Lipinski definition) is 4. The van der Waals surface area contributed by atoms with Crippen molar-refractivity contribution in [1.82, 2.24) is 15.0 Å². The smallest absolute Gasteiger partial charge is 0.223 e. The SMILES string of the molecule is Cc1noc(C)c1CN1CCC2(CC1)CC(=O)N(Cc1ccccc1)C2. The Balaban J connectivity index is 1.36. The van der Waals surface area contributed by atoms with Crippen molar-refractivity contribution in [3.8, 4) is 0 Å². The summed E-state index contributed by atoms with van der Waals surface area (Å²) in [5.41, 5.74) is 3.59. The van der Waals surface area contributed by atoms with Crippen LogP contribution in [0, 0.1) is 19.3 Å². The summed E-state index contributed by atoms with van der Waals surface area (Å²) in [6, 6.07) is 10.3. The molecule has 3 heterocycles. The van der Waals surface area contributed by atoms with Crippen molar-refractivity contribution in [3.05, 3.63) is 52.9 Å². The minimum Gasteiger partial charge on any atom is -0.361 e. The molecule has 5 nitrogen and oxygen atoms in total. The predicted octanol–water partition coefficient (Wildman–Crippen LogP) is 3.31. The third-order valence-electron chi connectivity index (χ3n) is 6.10. The summed E-state index contributed by atoms with van der Waals surface area (Å²) in [6.45, 7) is 8.61. The van der Waals surface area contributed by atoms with E-state index in [0.29, 0.717) is 12.3 Å². The van der Waals surface area contributed by atoms with Gasteiger partial charge in [0, 0.05) is 31.6 Å². The lowest BCUT2D eigenvalue weighted by Gasteiger charge is -2.38. The normalized spacial score (nSPS) is 20.2. The van der Waals surface area contributed by atoms with Crippen molar-refractivity contribution in [2.75, 3.05) is 19.6 Å². The molecule has 26 heavy (non-hydrogen) atoms. The van der Waals surface area contributed by atoms with Gasteiger partial charge in [0.15, 0.2) is 0 Å². The molecule has 0 aliphatic carbocycles. The van der Waals surface area contributed by atoms with Gasteiger partial charge in [0.25, 0.3) is 0 Å². The van der Waals surface area contributed by atoms with E-state index in [4.69, 9.17) is 4.52 Å². The average Bonchev–Trinajstić information content (AvgIpc) is 3.11. The Kier molecular flexibility index (Phi) is 4.57. The van der Waals surface area contributed by atoms with Gasteiger partial charge in [-0.1, -0.05) is 35.5 Å². The summed E-state index contributed by atoms with van der Waals surface area (Å²) in [5.74, 6) is 1.24. The molecule has 2 aliphatic rings. The Morgan fingerprint density at radius 1 is 1.12 bits per heavy atom. The van der Waals surface area contributed by atoms with Crippen LogP contribution in [0.4, 0.5) is 0 Å². The highest BCUT2D eigenvalue weighted by atomic mass is 16.5. The van der Waals surface area contributed by atoms with Gasteiger partial charge in [-0.15, -0.1) is 0 Å². The van der Waals surface area contributed by atoms with Crippen molar-refractivity contribution in [2.45, 2.75) is 46.2 Å². The zero-order valence-corrected chi connectivity index (χ0v) is 15.7. The number of amides is 1. The minimum absolute atomic E-state index is 0.168. The first-order valence-corrected chi connectivity index (χ1v) is 9.50. The van der Waals surface area contributed by atoms with Gasteiger partial charge in [-0.25, -0.2) is 0 Å². The molecule has 0 bridgehead atoms. The number of piperidine rings is 1. The molecule has 4 rings (SSSR count). The molecule has 1 spiro atoms. The Labute approximate surface area is 155 Å². The summed E-state index contributed by atoms with van der Waals surface area (Å²) in [7, 11) is 0. The third-order valence-corrected chi connectivity index (χ3v) is 6.10. The van der Waals surface area contributed by atoms with Crippen molar-refractivity contribution in [1.29, 1.82) is 0 Å². The fraction of sp³-hybridized carbons (Fsp3) is 0.524. The second kappa shape index (κ2) is 6.88. The molecule has 1 aromatic heterocycles. The van der Waals surface area contributed by atoms with Crippen LogP contribution in [-0.2, 0) is 17.9 Å². The van der Waals surface area contributed by atoms with Crippen LogP contribution in [0.2, 0.25) is 0 Å². The van der Waals surface area contributed by atoms with Crippen LogP contribution >= 0.6 is 0 Å². The quantitative estimate of drug-likeness (QED) is 0.846. The molecule has 2 aliphatic heterocycles. The van der Waals surface area contributed by atoms with E-state index in [0.717, 1.165) is 57.0 Å². The van der Waals surface area contributed by atoms with E-state index in [1.54, 1.807) is 0 Å². The highest BCUT2D eigenvalue weighted by Crippen LogP contribution is 2.41. The first-order chi connectivity index (χ1) is 12.5. The van der Waals surface area contributed by atoms with Gasteiger partial charge in [-0.2, -0.15) is 0 Å². The highest BCUT2D eigenvalue weighted by Gasteiger charge is 2.44. The number of nitrogens with zero attached hydrogens (tertiary/aromatic N) is 3. The maximum Gasteiger partial charge on any atom is 0.223 e. The number of benzene rings is 1. The van der Waals surface area contributed by atoms with Gasteiger partial charge in [-0.3, -0.25) is 9.69 Å². The zero-order valence-electron chi connectivity index (χ0n) is 15.7. The number of carbonyl (C=O) groups is 1. The van der Waals surface area contributed by atoms with Crippen LogP contribution in [0.3, 0.4) is 0 Å². The fourth-order valence-corrected chi connectivity index (χ4v) is 4.40. The van der Waals surface area contributed by atoms with Crippen molar-refractivity contribution in [2.24, 2.45) is 5.41 Å². The molecule has 2 saturated heterocycles. The molecular weight excluding hydrogens is 326 g/mol. The van der Waals surface area contributed by atoms with Gasteiger partial charge >= 0.3 is 0 Å². The van der Waals surface area contributed by atoms with Crippen LogP contribution in [0.5, 0.6) is 0 Å². The molecule has 1 aromatic carbocycles. The lowest BCUT2D eigenvalue weighted by Crippen LogP contribution is -2.41. The lowest BCUT2D eigenvalue weighted by molar-refractivity contribution is -0.128. The van der Waals surface area contributed by atoms with E-state index < -0.39 is 0 Å². The van der Waals surface area contributed by atoms with Crippen LogP contribution in [0.15, 0.2) is 34.9 Å². The number of hydrogen-bond donors (Lipinski definition) is 0. The Morgan fingerprint density at radius 2 is 1.85 bits per heavy atom. The van der Waals surface area contributed by atoms with E-state index in [9.17, 15) is 4.79 Å². The summed E-state index contributed by atoms with van der Waals surface area (Å²) in [5, 5.41) is 4.06. The summed E-state index contributed by atoms with van der Waals surface area (Å²) < 4.78 is 5.29. The monoisotopic (exact) mass is 353 g/mol. The molecule has 0 radical (unpaired) electrons. The van der Waals surface area contributed by atoms with Gasteiger partial charge in [0.1, 0.15) is 5.76 Å². The molecule has 0 atom stereocenters. The third kappa shape index (κ3) is 3.40. The second-order valence-corrected chi connectivity index (χ2v) is 7.99. The maximum absolute atomic E-state index is 12.6. The lowest BCUT2D eigenvalue weighted by atomic mass is 9.77. The van der Waals surface area contributed by atoms with Crippen LogP contribution in [0.1, 0.15) is 41.8 Å². The Bertz CT molecular complexity index is 756. The molecule has 1 amide bonds. The average molecular weight is 353 g/mol. The molecule has 5 heteroatoms.